The highest BCUT2D eigenvalue weighted by atomic mass is 19.4. The van der Waals surface area contributed by atoms with Crippen LogP contribution < -0.4 is 10.1 Å². The van der Waals surface area contributed by atoms with Gasteiger partial charge in [0.2, 0.25) is 5.91 Å². The molecule has 1 fully saturated rings. The third kappa shape index (κ3) is 5.25. The van der Waals surface area contributed by atoms with Crippen molar-refractivity contribution in [3.05, 3.63) is 35.1 Å². The van der Waals surface area contributed by atoms with Crippen molar-refractivity contribution >= 4 is 23.8 Å². The number of amides is 1. The summed E-state index contributed by atoms with van der Waals surface area (Å²) in [4.78, 5) is 46.0. The lowest BCUT2D eigenvalue weighted by molar-refractivity contribution is -0.192. The Morgan fingerprint density at radius 3 is 2.52 bits per heavy atom. The van der Waals surface area contributed by atoms with Gasteiger partial charge in [0.1, 0.15) is 5.76 Å². The minimum atomic E-state index is -5.08. The van der Waals surface area contributed by atoms with Gasteiger partial charge in [0, 0.05) is 24.6 Å². The SMILES string of the molecule is CN1CC[C@]23c4c5ccc(O)c4O[C@H]2C(OC(=O)CCNC(=O)CC(O)C(=O)O)=CC[C@@]3(O)[C@H]1C5.O=C(O)C(F)(F)F. The number of carbonyl (C=O) groups excluding carboxylic acids is 2. The number of alkyl halides is 3. The number of phenolic OH excluding ortho intramolecular Hbond substituents is 1. The molecule has 1 saturated heterocycles. The second-order valence-electron chi connectivity index (χ2n) is 10.5. The molecule has 5 rings (SSSR count). The number of ether oxygens (including phenoxy) is 2. The molecule has 230 valence electrons. The standard InChI is InChI=1S/C24H28N2O9.C2HF3O2/c1-26-9-7-23-19-12-2-3-13(27)20(19)35-21(23)15(4-6-24(23,33)16(26)10-12)34-18(30)5-8-25-17(29)11-14(28)22(31)32;3-2(4,5)1(6)7/h2-4,14,16,21,27-28,33H,5-11H2,1H3,(H,25,29)(H,31,32);(H,6,7)/t14?,16-,21+,23+,24-;/m1./s1. The first-order valence-corrected chi connectivity index (χ1v) is 12.9. The van der Waals surface area contributed by atoms with E-state index in [0.29, 0.717) is 25.1 Å². The third-order valence-electron chi connectivity index (χ3n) is 8.14. The molecule has 0 saturated carbocycles. The van der Waals surface area contributed by atoms with Gasteiger partial charge in [-0.15, -0.1) is 0 Å². The maximum Gasteiger partial charge on any atom is 0.490 e. The van der Waals surface area contributed by atoms with Crippen molar-refractivity contribution < 1.29 is 67.4 Å². The van der Waals surface area contributed by atoms with Gasteiger partial charge in [0.25, 0.3) is 0 Å². The molecule has 0 aromatic heterocycles. The molecule has 2 aliphatic heterocycles. The quantitative estimate of drug-likeness (QED) is 0.232. The Kier molecular flexibility index (Phi) is 8.19. The van der Waals surface area contributed by atoms with Crippen molar-refractivity contribution in [2.24, 2.45) is 0 Å². The molecule has 0 radical (unpaired) electrons. The first kappa shape index (κ1) is 31.1. The molecular weight excluding hydrogens is 573 g/mol. The number of halogens is 3. The number of hydrogen-bond acceptors (Lipinski definition) is 10. The van der Waals surface area contributed by atoms with Crippen LogP contribution in [0.25, 0.3) is 0 Å². The number of rotatable bonds is 7. The van der Waals surface area contributed by atoms with Gasteiger partial charge in [0.15, 0.2) is 23.7 Å². The number of aromatic hydroxyl groups is 1. The van der Waals surface area contributed by atoms with Crippen LogP contribution in [0, 0.1) is 0 Å². The van der Waals surface area contributed by atoms with Gasteiger partial charge < -0.3 is 45.2 Å². The highest BCUT2D eigenvalue weighted by Gasteiger charge is 2.72. The average molecular weight is 603 g/mol. The van der Waals surface area contributed by atoms with Crippen LogP contribution in [-0.4, -0.2) is 104 Å². The Labute approximate surface area is 236 Å². The zero-order valence-corrected chi connectivity index (χ0v) is 22.2. The molecule has 4 aliphatic rings. The topological polar surface area (TPSA) is 203 Å². The van der Waals surface area contributed by atoms with Gasteiger partial charge in [-0.05, 0) is 44.1 Å². The number of carboxylic acids is 2. The van der Waals surface area contributed by atoms with Gasteiger partial charge in [-0.1, -0.05) is 6.07 Å². The van der Waals surface area contributed by atoms with E-state index in [1.807, 2.05) is 13.1 Å². The van der Waals surface area contributed by atoms with E-state index in [0.717, 1.165) is 11.1 Å². The number of aliphatic carboxylic acids is 2. The van der Waals surface area contributed by atoms with Crippen LogP contribution in [0.3, 0.4) is 0 Å². The molecule has 5 atom stereocenters. The molecule has 2 bridgehead atoms. The predicted molar refractivity (Wildman–Crippen MR) is 132 cm³/mol. The lowest BCUT2D eigenvalue weighted by Gasteiger charge is -2.61. The zero-order valence-electron chi connectivity index (χ0n) is 22.2. The minimum absolute atomic E-state index is 0.0239. The fraction of sp³-hybridized carbons (Fsp3) is 0.538. The van der Waals surface area contributed by atoms with Crippen molar-refractivity contribution in [2.75, 3.05) is 20.1 Å². The number of hydrogen-bond donors (Lipinski definition) is 6. The number of aliphatic hydroxyl groups is 2. The number of likely N-dealkylation sites (tertiary alicyclic amines) is 1. The van der Waals surface area contributed by atoms with E-state index < -0.39 is 59.6 Å². The predicted octanol–water partition coefficient (Wildman–Crippen LogP) is 0.188. The van der Waals surface area contributed by atoms with E-state index in [-0.39, 0.29) is 36.9 Å². The van der Waals surface area contributed by atoms with Gasteiger partial charge >= 0.3 is 24.1 Å². The summed E-state index contributed by atoms with van der Waals surface area (Å²) in [6.07, 6.45) is -5.40. The molecule has 42 heavy (non-hydrogen) atoms. The first-order valence-electron chi connectivity index (χ1n) is 12.9. The summed E-state index contributed by atoms with van der Waals surface area (Å²) < 4.78 is 43.6. The lowest BCUT2D eigenvalue weighted by Crippen LogP contribution is -2.74. The lowest BCUT2D eigenvalue weighted by atomic mass is 9.50. The van der Waals surface area contributed by atoms with Crippen molar-refractivity contribution in [1.82, 2.24) is 10.2 Å². The average Bonchev–Trinajstić information content (AvgIpc) is 3.25. The second-order valence-corrected chi connectivity index (χ2v) is 10.5. The minimum Gasteiger partial charge on any atom is -0.504 e. The van der Waals surface area contributed by atoms with Crippen LogP contribution in [0.1, 0.15) is 36.8 Å². The Balaban J connectivity index is 0.000000517. The van der Waals surface area contributed by atoms with Gasteiger partial charge in [-0.3, -0.25) is 9.59 Å². The van der Waals surface area contributed by atoms with E-state index in [1.165, 1.54) is 0 Å². The van der Waals surface area contributed by atoms with E-state index in [4.69, 9.17) is 24.5 Å². The van der Waals surface area contributed by atoms with Crippen LogP contribution >= 0.6 is 0 Å². The molecule has 6 N–H and O–H groups in total. The molecule has 1 aromatic carbocycles. The van der Waals surface area contributed by atoms with E-state index >= 15 is 0 Å². The Morgan fingerprint density at radius 2 is 1.90 bits per heavy atom. The van der Waals surface area contributed by atoms with E-state index in [2.05, 4.69) is 10.2 Å². The van der Waals surface area contributed by atoms with Crippen LogP contribution in [0.15, 0.2) is 24.0 Å². The molecule has 2 aliphatic carbocycles. The number of nitrogens with one attached hydrogen (secondary N) is 1. The number of nitrogens with zero attached hydrogens (tertiary/aromatic N) is 1. The molecular formula is C26H29F3N2O11. The van der Waals surface area contributed by atoms with Crippen LogP contribution in [0.5, 0.6) is 11.5 Å². The van der Waals surface area contributed by atoms with E-state index in [9.17, 15) is 42.9 Å². The van der Waals surface area contributed by atoms with Crippen molar-refractivity contribution in [3.63, 3.8) is 0 Å². The number of carbonyl (C=O) groups is 4. The molecule has 13 nitrogen and oxygen atoms in total. The highest BCUT2D eigenvalue weighted by Crippen LogP contribution is 2.65. The molecule has 1 aromatic rings. The Bertz CT molecular complexity index is 1330. The molecule has 1 amide bonds. The summed E-state index contributed by atoms with van der Waals surface area (Å²) in [6.45, 7) is 0.604. The smallest absolute Gasteiger partial charge is 0.490 e. The Morgan fingerprint density at radius 1 is 1.24 bits per heavy atom. The second kappa shape index (κ2) is 11.1. The zero-order chi connectivity index (χ0) is 31.2. The largest absolute Gasteiger partial charge is 0.504 e. The van der Waals surface area contributed by atoms with Crippen LogP contribution in [-0.2, 0) is 35.8 Å². The Hall–Kier alpha value is -3.89. The maximum absolute atomic E-state index is 12.6. The molecule has 16 heteroatoms. The maximum atomic E-state index is 12.6. The normalized spacial score (nSPS) is 27.7. The highest BCUT2D eigenvalue weighted by molar-refractivity contribution is 5.83. The fourth-order valence-electron chi connectivity index (χ4n) is 6.26. The number of benzene rings is 1. The van der Waals surface area contributed by atoms with Crippen molar-refractivity contribution in [2.45, 2.75) is 67.5 Å². The number of phenols is 1. The van der Waals surface area contributed by atoms with Crippen LogP contribution in [0.4, 0.5) is 13.2 Å². The van der Waals surface area contributed by atoms with Crippen molar-refractivity contribution in [1.29, 1.82) is 0 Å². The van der Waals surface area contributed by atoms with Gasteiger partial charge in [0.05, 0.1) is 23.9 Å². The number of carboxylic acid groups (broad SMARTS) is 2. The molecule has 2 heterocycles. The number of likely N-dealkylation sites (N-methyl/N-ethyl adjacent to an activating group) is 1. The van der Waals surface area contributed by atoms with Gasteiger partial charge in [-0.25, -0.2) is 9.59 Å². The number of aliphatic hydroxyl groups excluding tert-OH is 1. The summed E-state index contributed by atoms with van der Waals surface area (Å²) >= 11 is 0. The fourth-order valence-corrected chi connectivity index (χ4v) is 6.26. The summed E-state index contributed by atoms with van der Waals surface area (Å²) in [6, 6.07) is 3.29. The summed E-state index contributed by atoms with van der Waals surface area (Å²) in [5.41, 5.74) is -0.233. The molecule has 1 spiro atoms. The number of piperidine rings is 1. The van der Waals surface area contributed by atoms with Crippen molar-refractivity contribution in [3.8, 4) is 11.5 Å². The first-order chi connectivity index (χ1) is 19.5. The third-order valence-corrected chi connectivity index (χ3v) is 8.14. The molecule has 1 unspecified atom stereocenters. The number of esters is 1. The van der Waals surface area contributed by atoms with Gasteiger partial charge in [-0.2, -0.15) is 13.2 Å². The summed E-state index contributed by atoms with van der Waals surface area (Å²) in [5.74, 6) is -5.04. The van der Waals surface area contributed by atoms with Crippen LogP contribution in [0.2, 0.25) is 0 Å². The van der Waals surface area contributed by atoms with E-state index in [1.54, 1.807) is 12.1 Å². The summed E-state index contributed by atoms with van der Waals surface area (Å²) in [7, 11) is 1.98. The summed E-state index contributed by atoms with van der Waals surface area (Å²) in [5, 5.41) is 50.0. The monoisotopic (exact) mass is 602 g/mol.